The molecule has 1 rings (SSSR count). The fourth-order valence-corrected chi connectivity index (χ4v) is 7.47. The van der Waals surface area contributed by atoms with E-state index in [-0.39, 0.29) is 17.0 Å². The van der Waals surface area contributed by atoms with E-state index < -0.39 is 0 Å². The van der Waals surface area contributed by atoms with Crippen molar-refractivity contribution in [2.24, 2.45) is 0 Å². The Morgan fingerprint density at radius 1 is 0.500 bits per heavy atom. The van der Waals surface area contributed by atoms with Crippen LogP contribution in [0.3, 0.4) is 0 Å². The van der Waals surface area contributed by atoms with E-state index in [1.165, 1.54) is 180 Å². The Bertz CT molecular complexity index is 1060. The summed E-state index contributed by atoms with van der Waals surface area (Å²) < 4.78 is 14.9. The highest BCUT2D eigenvalue weighted by atomic mass is 16.5. The van der Waals surface area contributed by atoms with Crippen LogP contribution in [0.5, 0.6) is 0 Å². The Balaban J connectivity index is -0.000000892. The number of carbonyl (C=O) groups excluding carboxylic acids is 2. The van der Waals surface area contributed by atoms with Gasteiger partial charge in [-0.05, 0) is 84.3 Å². The van der Waals surface area contributed by atoms with Crippen LogP contribution in [0, 0.1) is 6.92 Å². The minimum Gasteiger partial charge on any atom is -0.468 e. The monoisotopic (exact) mass is 881 g/mol. The number of ether oxygens (including phenoxy) is 3. The molecular formula is C53H104N2O7. The normalized spacial score (nSPS) is 10.7. The third kappa shape index (κ3) is 44.4. The van der Waals surface area contributed by atoms with Gasteiger partial charge in [-0.2, -0.15) is 0 Å². The number of methoxy groups -OCH3 is 1. The quantitative estimate of drug-likeness (QED) is 0.0389. The van der Waals surface area contributed by atoms with Gasteiger partial charge in [0.1, 0.15) is 6.10 Å². The summed E-state index contributed by atoms with van der Waals surface area (Å²) in [5.74, 6) is 0. The van der Waals surface area contributed by atoms with Crippen molar-refractivity contribution >= 4 is 18.6 Å². The van der Waals surface area contributed by atoms with E-state index in [1.54, 1.807) is 14.0 Å². The van der Waals surface area contributed by atoms with Gasteiger partial charge in [-0.25, -0.2) is 0 Å². The van der Waals surface area contributed by atoms with Gasteiger partial charge in [-0.15, -0.1) is 0 Å². The fourth-order valence-electron chi connectivity index (χ4n) is 7.47. The molecule has 0 saturated carbocycles. The van der Waals surface area contributed by atoms with Crippen LogP contribution in [0.2, 0.25) is 0 Å². The number of carbonyl (C=O) groups is 2. The smallest absolute Gasteiger partial charge is 0.293 e. The predicted octanol–water partition coefficient (Wildman–Crippen LogP) is 14.2. The summed E-state index contributed by atoms with van der Waals surface area (Å²) in [6.07, 6.45) is 40.6. The summed E-state index contributed by atoms with van der Waals surface area (Å²) >= 11 is 0. The first-order chi connectivity index (χ1) is 30.4. The molecule has 0 saturated heterocycles. The molecule has 0 aliphatic rings. The van der Waals surface area contributed by atoms with E-state index in [0.29, 0.717) is 30.8 Å². The lowest BCUT2D eigenvalue weighted by atomic mass is 10.0. The van der Waals surface area contributed by atoms with Crippen LogP contribution in [0.1, 0.15) is 253 Å². The Morgan fingerprint density at radius 2 is 0.887 bits per heavy atom. The average Bonchev–Trinajstić information content (AvgIpc) is 3.29. The second-order valence-electron chi connectivity index (χ2n) is 17.0. The van der Waals surface area contributed by atoms with Gasteiger partial charge in [-0.3, -0.25) is 19.2 Å². The van der Waals surface area contributed by atoms with Crippen molar-refractivity contribution in [2.45, 2.75) is 260 Å². The summed E-state index contributed by atoms with van der Waals surface area (Å²) in [7, 11) is 1.76. The van der Waals surface area contributed by atoms with Crippen LogP contribution in [-0.2, 0) is 23.8 Å². The van der Waals surface area contributed by atoms with E-state index in [2.05, 4.69) is 42.6 Å². The topological polar surface area (TPSA) is 111 Å². The zero-order valence-electron chi connectivity index (χ0n) is 42.4. The fraction of sp³-hybridized carbons (Fsp3) is 0.887. The lowest BCUT2D eigenvalue weighted by Crippen LogP contribution is -2.37. The minimum atomic E-state index is -0.350. The first kappa shape index (κ1) is 64.0. The first-order valence-electron chi connectivity index (χ1n) is 26.3. The number of rotatable bonds is 44. The molecule has 0 aromatic heterocycles. The molecule has 0 fully saturated rings. The van der Waals surface area contributed by atoms with Crippen LogP contribution in [0.25, 0.3) is 0 Å². The van der Waals surface area contributed by atoms with E-state index in [9.17, 15) is 19.2 Å². The standard InChI is InChI=1S/C23H42N2O3.C18H36O2.C10H20O2.C2H6/c1-4-5-6-7-8-11-16-25(17-12-9-10-13-19-28-3)18-14-15-24-21-20(2)22(26)23(21)27;1-3-5-7-9-11-13-15-18(20-17-19)16-14-12-10-8-6-4-2;1-2-3-4-5-6-7-8-9-12-10-11;1-2/h24H,4-19H2,1-3H3;17-18H,3-16H2,1-2H3;10H,2-9H2,1H3;1-2H3. The van der Waals surface area contributed by atoms with Gasteiger partial charge in [-0.1, -0.05) is 189 Å². The molecule has 0 spiro atoms. The van der Waals surface area contributed by atoms with Crippen LogP contribution in [0.4, 0.5) is 5.69 Å². The zero-order valence-corrected chi connectivity index (χ0v) is 42.4. The Kier molecular flexibility index (Phi) is 56.7. The van der Waals surface area contributed by atoms with Gasteiger partial charge in [0, 0.05) is 25.8 Å². The molecule has 9 heteroatoms. The Hall–Kier alpha value is -2.26. The van der Waals surface area contributed by atoms with Crippen molar-refractivity contribution in [3.63, 3.8) is 0 Å². The molecule has 368 valence electrons. The van der Waals surface area contributed by atoms with Crippen molar-refractivity contribution in [2.75, 3.05) is 51.8 Å². The number of anilines is 1. The SMILES string of the molecule is CC.CCCCCCCCC(CCCCCCCC)OC=O.CCCCCCCCCOC=O.CCCCCCCCN(CCCCCCOC)CCCNc1c(C)c(=O)c1=O. The van der Waals surface area contributed by atoms with E-state index in [4.69, 9.17) is 9.47 Å². The highest BCUT2D eigenvalue weighted by Crippen LogP contribution is 2.16. The van der Waals surface area contributed by atoms with Gasteiger partial charge >= 0.3 is 0 Å². The molecule has 0 radical (unpaired) electrons. The number of hydrogen-bond acceptors (Lipinski definition) is 9. The molecule has 0 amide bonds. The summed E-state index contributed by atoms with van der Waals surface area (Å²) in [6, 6.07) is 0. The van der Waals surface area contributed by atoms with E-state index in [0.717, 1.165) is 58.3 Å². The lowest BCUT2D eigenvalue weighted by molar-refractivity contribution is -0.134. The van der Waals surface area contributed by atoms with Gasteiger partial charge in [0.2, 0.25) is 10.9 Å². The van der Waals surface area contributed by atoms with Crippen molar-refractivity contribution in [3.05, 3.63) is 26.0 Å². The zero-order chi connectivity index (χ0) is 46.6. The lowest BCUT2D eigenvalue weighted by Gasteiger charge is -2.23. The Labute approximate surface area is 384 Å². The number of nitrogens with zero attached hydrogens (tertiary/aromatic N) is 1. The van der Waals surface area contributed by atoms with Gasteiger partial charge in [0.25, 0.3) is 12.9 Å². The second-order valence-corrected chi connectivity index (χ2v) is 17.0. The molecule has 1 aromatic rings. The molecule has 0 heterocycles. The molecule has 0 aliphatic carbocycles. The summed E-state index contributed by atoms with van der Waals surface area (Å²) in [5.41, 5.74) is 0.439. The van der Waals surface area contributed by atoms with E-state index in [1.807, 2.05) is 13.8 Å². The molecule has 0 atom stereocenters. The molecule has 0 unspecified atom stereocenters. The van der Waals surface area contributed by atoms with Crippen molar-refractivity contribution in [3.8, 4) is 0 Å². The molecule has 1 N–H and O–H groups in total. The number of nitrogens with one attached hydrogen (secondary N) is 1. The molecule has 62 heavy (non-hydrogen) atoms. The van der Waals surface area contributed by atoms with Gasteiger partial charge in [0.15, 0.2) is 0 Å². The highest BCUT2D eigenvalue weighted by molar-refractivity contribution is 5.55. The first-order valence-corrected chi connectivity index (χ1v) is 26.3. The molecule has 1 aromatic carbocycles. The summed E-state index contributed by atoms with van der Waals surface area (Å²) in [5, 5.41) is 3.15. The van der Waals surface area contributed by atoms with Crippen LogP contribution >= 0.6 is 0 Å². The third-order valence-electron chi connectivity index (χ3n) is 11.4. The molecule has 0 aliphatic heterocycles. The van der Waals surface area contributed by atoms with Crippen LogP contribution in [-0.4, -0.2) is 70.5 Å². The van der Waals surface area contributed by atoms with Crippen LogP contribution in [0.15, 0.2) is 9.59 Å². The highest BCUT2D eigenvalue weighted by Gasteiger charge is 2.16. The van der Waals surface area contributed by atoms with Crippen molar-refractivity contribution < 1.29 is 23.8 Å². The van der Waals surface area contributed by atoms with Crippen LogP contribution < -0.4 is 16.2 Å². The predicted molar refractivity (Wildman–Crippen MR) is 268 cm³/mol. The number of unbranched alkanes of at least 4 members (excludes halogenated alkanes) is 24. The van der Waals surface area contributed by atoms with Crippen molar-refractivity contribution in [1.29, 1.82) is 0 Å². The molecular weight excluding hydrogens is 777 g/mol. The van der Waals surface area contributed by atoms with Gasteiger partial charge < -0.3 is 24.4 Å². The van der Waals surface area contributed by atoms with E-state index >= 15 is 0 Å². The minimum absolute atomic E-state index is 0.171. The largest absolute Gasteiger partial charge is 0.468 e. The third-order valence-corrected chi connectivity index (χ3v) is 11.4. The molecule has 0 bridgehead atoms. The Morgan fingerprint density at radius 3 is 1.29 bits per heavy atom. The second kappa shape index (κ2) is 54.9. The maximum Gasteiger partial charge on any atom is 0.293 e. The maximum atomic E-state index is 11.5. The average molecular weight is 881 g/mol. The summed E-state index contributed by atoms with van der Waals surface area (Å²) in [6.45, 7) is 21.4. The van der Waals surface area contributed by atoms with Crippen molar-refractivity contribution in [1.82, 2.24) is 4.90 Å². The molecule has 9 nitrogen and oxygen atoms in total. The number of hydrogen-bond donors (Lipinski definition) is 1. The maximum absolute atomic E-state index is 11.5. The van der Waals surface area contributed by atoms with Gasteiger partial charge in [0.05, 0.1) is 12.3 Å². The summed E-state index contributed by atoms with van der Waals surface area (Å²) in [4.78, 5) is 45.7.